The van der Waals surface area contributed by atoms with E-state index in [-0.39, 0.29) is 11.8 Å². The SMILES string of the molecule is N#CC1=C(N)OC2=C(CC/C2=C\c2ccc(Cl)cc2)[C@H]1c1ccc(Cl)cc1. The molecule has 1 heterocycles. The van der Waals surface area contributed by atoms with Gasteiger partial charge in [-0.25, -0.2) is 0 Å². The van der Waals surface area contributed by atoms with Gasteiger partial charge in [0, 0.05) is 16.0 Å². The molecule has 4 rings (SSSR count). The minimum absolute atomic E-state index is 0.167. The van der Waals surface area contributed by atoms with Crippen LogP contribution in [-0.4, -0.2) is 0 Å². The highest BCUT2D eigenvalue weighted by atomic mass is 35.5. The number of hydrogen-bond donors (Lipinski definition) is 1. The Morgan fingerprint density at radius 2 is 1.63 bits per heavy atom. The van der Waals surface area contributed by atoms with Crippen molar-refractivity contribution in [3.05, 3.63) is 98.1 Å². The van der Waals surface area contributed by atoms with Crippen LogP contribution in [0.1, 0.15) is 29.9 Å². The van der Waals surface area contributed by atoms with Crippen molar-refractivity contribution in [1.29, 1.82) is 5.26 Å². The van der Waals surface area contributed by atoms with Crippen molar-refractivity contribution in [2.45, 2.75) is 18.8 Å². The van der Waals surface area contributed by atoms with Gasteiger partial charge in [0.1, 0.15) is 17.4 Å². The van der Waals surface area contributed by atoms with E-state index in [0.717, 1.165) is 40.9 Å². The maximum Gasteiger partial charge on any atom is 0.205 e. The maximum absolute atomic E-state index is 9.65. The summed E-state index contributed by atoms with van der Waals surface area (Å²) in [4.78, 5) is 0. The summed E-state index contributed by atoms with van der Waals surface area (Å²) in [5, 5.41) is 11.0. The predicted octanol–water partition coefficient (Wildman–Crippen LogP) is 5.93. The molecule has 0 bridgehead atoms. The first-order valence-corrected chi connectivity index (χ1v) is 9.35. The van der Waals surface area contributed by atoms with Gasteiger partial charge in [-0.05, 0) is 65.5 Å². The van der Waals surface area contributed by atoms with Crippen LogP contribution < -0.4 is 5.73 Å². The van der Waals surface area contributed by atoms with Gasteiger partial charge >= 0.3 is 0 Å². The zero-order valence-electron chi connectivity index (χ0n) is 14.4. The Labute approximate surface area is 168 Å². The zero-order chi connectivity index (χ0) is 19.0. The van der Waals surface area contributed by atoms with Crippen molar-refractivity contribution >= 4 is 29.3 Å². The molecule has 3 nitrogen and oxygen atoms in total. The van der Waals surface area contributed by atoms with Crippen molar-refractivity contribution in [3.8, 4) is 6.07 Å². The lowest BCUT2D eigenvalue weighted by Crippen LogP contribution is -2.19. The zero-order valence-corrected chi connectivity index (χ0v) is 15.9. The van der Waals surface area contributed by atoms with E-state index >= 15 is 0 Å². The number of allylic oxidation sites excluding steroid dienone is 3. The quantitative estimate of drug-likeness (QED) is 0.685. The van der Waals surface area contributed by atoms with E-state index in [1.54, 1.807) is 0 Å². The largest absolute Gasteiger partial charge is 0.440 e. The molecule has 2 N–H and O–H groups in total. The molecule has 27 heavy (non-hydrogen) atoms. The molecule has 2 aromatic rings. The Hall–Kier alpha value is -2.67. The lowest BCUT2D eigenvalue weighted by atomic mass is 9.83. The summed E-state index contributed by atoms with van der Waals surface area (Å²) >= 11 is 12.0. The van der Waals surface area contributed by atoms with E-state index in [1.807, 2.05) is 48.5 Å². The van der Waals surface area contributed by atoms with E-state index in [1.165, 1.54) is 0 Å². The van der Waals surface area contributed by atoms with Gasteiger partial charge in [-0.15, -0.1) is 0 Å². The third kappa shape index (κ3) is 3.35. The van der Waals surface area contributed by atoms with Crippen LogP contribution in [0.4, 0.5) is 0 Å². The number of hydrogen-bond acceptors (Lipinski definition) is 3. The van der Waals surface area contributed by atoms with Gasteiger partial charge in [-0.2, -0.15) is 5.26 Å². The first-order chi connectivity index (χ1) is 13.1. The van der Waals surface area contributed by atoms with Gasteiger partial charge in [0.2, 0.25) is 5.88 Å². The number of nitrogens with zero attached hydrogens (tertiary/aromatic N) is 1. The van der Waals surface area contributed by atoms with Crippen molar-refractivity contribution in [2.24, 2.45) is 5.73 Å². The van der Waals surface area contributed by atoms with Crippen molar-refractivity contribution in [2.75, 3.05) is 0 Å². The number of rotatable bonds is 2. The summed E-state index contributed by atoms with van der Waals surface area (Å²) in [5.74, 6) is 0.744. The molecule has 134 valence electrons. The molecule has 0 saturated carbocycles. The molecular weight excluding hydrogens is 379 g/mol. The minimum Gasteiger partial charge on any atom is -0.440 e. The van der Waals surface area contributed by atoms with Gasteiger partial charge in [0.15, 0.2) is 0 Å². The molecule has 2 aromatic carbocycles. The third-order valence-electron chi connectivity index (χ3n) is 4.90. The summed E-state index contributed by atoms with van der Waals surface area (Å²) in [6.45, 7) is 0. The lowest BCUT2D eigenvalue weighted by molar-refractivity contribution is 0.292. The fourth-order valence-electron chi connectivity index (χ4n) is 3.63. The smallest absolute Gasteiger partial charge is 0.205 e. The number of benzene rings is 2. The molecule has 0 amide bonds. The van der Waals surface area contributed by atoms with Gasteiger partial charge in [-0.3, -0.25) is 0 Å². The first kappa shape index (κ1) is 17.7. The second kappa shape index (κ2) is 7.15. The van der Waals surface area contributed by atoms with E-state index in [0.29, 0.717) is 15.6 Å². The standard InChI is InChI=1S/C22H16Cl2N2O/c23-16-6-1-13(2-7-16)11-15-5-10-18-20(14-3-8-17(24)9-4-14)19(12-25)22(26)27-21(15)18/h1-4,6-9,11,20H,5,10,26H2/b15-11+/t20-/m1/s1. The van der Waals surface area contributed by atoms with Crippen molar-refractivity contribution < 1.29 is 4.74 Å². The molecule has 2 aliphatic rings. The van der Waals surface area contributed by atoms with E-state index < -0.39 is 0 Å². The Morgan fingerprint density at radius 3 is 2.26 bits per heavy atom. The first-order valence-electron chi connectivity index (χ1n) is 8.59. The summed E-state index contributed by atoms with van der Waals surface area (Å²) in [6, 6.07) is 17.4. The summed E-state index contributed by atoms with van der Waals surface area (Å²) < 4.78 is 5.89. The Bertz CT molecular complexity index is 1030. The molecule has 0 saturated heterocycles. The average Bonchev–Trinajstić information content (AvgIpc) is 3.05. The molecule has 1 aliphatic heterocycles. The van der Waals surface area contributed by atoms with Crippen LogP contribution in [-0.2, 0) is 4.74 Å². The van der Waals surface area contributed by atoms with Crippen LogP contribution in [0.3, 0.4) is 0 Å². The van der Waals surface area contributed by atoms with E-state index in [9.17, 15) is 5.26 Å². The van der Waals surface area contributed by atoms with Crippen molar-refractivity contribution in [3.63, 3.8) is 0 Å². The average molecular weight is 395 g/mol. The van der Waals surface area contributed by atoms with E-state index in [4.69, 9.17) is 33.7 Å². The number of ether oxygens (including phenoxy) is 1. The van der Waals surface area contributed by atoms with Crippen LogP contribution >= 0.6 is 23.2 Å². The Kier molecular flexibility index (Phi) is 4.70. The van der Waals surface area contributed by atoms with Gasteiger partial charge < -0.3 is 10.5 Å². The molecule has 1 aliphatic carbocycles. The highest BCUT2D eigenvalue weighted by Crippen LogP contribution is 2.48. The molecule has 0 aromatic heterocycles. The highest BCUT2D eigenvalue weighted by molar-refractivity contribution is 6.30. The Balaban J connectivity index is 1.78. The summed E-state index contributed by atoms with van der Waals surface area (Å²) in [6.07, 6.45) is 3.74. The van der Waals surface area contributed by atoms with Crippen LogP contribution in [0.25, 0.3) is 6.08 Å². The molecule has 0 fully saturated rings. The highest BCUT2D eigenvalue weighted by Gasteiger charge is 2.36. The fourth-order valence-corrected chi connectivity index (χ4v) is 3.88. The topological polar surface area (TPSA) is 59.0 Å². The van der Waals surface area contributed by atoms with Crippen LogP contribution in [0.2, 0.25) is 10.0 Å². The molecule has 0 unspecified atom stereocenters. The van der Waals surface area contributed by atoms with Crippen LogP contribution in [0.5, 0.6) is 0 Å². The van der Waals surface area contributed by atoms with Crippen LogP contribution in [0, 0.1) is 11.3 Å². The summed E-state index contributed by atoms with van der Waals surface area (Å²) in [7, 11) is 0. The maximum atomic E-state index is 9.65. The predicted molar refractivity (Wildman–Crippen MR) is 108 cm³/mol. The third-order valence-corrected chi connectivity index (χ3v) is 5.40. The van der Waals surface area contributed by atoms with Gasteiger partial charge in [0.25, 0.3) is 0 Å². The number of halogens is 2. The monoisotopic (exact) mass is 394 g/mol. The molecule has 0 radical (unpaired) electrons. The normalized spacial score (nSPS) is 20.5. The molecule has 5 heteroatoms. The van der Waals surface area contributed by atoms with Crippen molar-refractivity contribution in [1.82, 2.24) is 0 Å². The molecular formula is C22H16Cl2N2O. The second-order valence-corrected chi connectivity index (χ2v) is 7.42. The van der Waals surface area contributed by atoms with Gasteiger partial charge in [-0.1, -0.05) is 47.5 Å². The van der Waals surface area contributed by atoms with Gasteiger partial charge in [0.05, 0.1) is 0 Å². The summed E-state index contributed by atoms with van der Waals surface area (Å²) in [5.41, 5.74) is 10.8. The second-order valence-electron chi connectivity index (χ2n) is 6.55. The van der Waals surface area contributed by atoms with Crippen LogP contribution in [0.15, 0.2) is 76.9 Å². The van der Waals surface area contributed by atoms with E-state index in [2.05, 4.69) is 12.1 Å². The fraction of sp³-hybridized carbons (Fsp3) is 0.136. The molecule has 1 atom stereocenters. The minimum atomic E-state index is -0.202. The Morgan fingerprint density at radius 1 is 1.00 bits per heavy atom. The number of nitriles is 1. The molecule has 0 spiro atoms. The lowest BCUT2D eigenvalue weighted by Gasteiger charge is -2.26. The number of nitrogens with two attached hydrogens (primary N) is 1.